The van der Waals surface area contributed by atoms with E-state index >= 15 is 0 Å². The van der Waals surface area contributed by atoms with E-state index in [0.29, 0.717) is 13.0 Å². The van der Waals surface area contributed by atoms with Crippen LogP contribution in [0.4, 0.5) is 5.69 Å². The third-order valence-corrected chi connectivity index (χ3v) is 4.82. The van der Waals surface area contributed by atoms with Crippen LogP contribution >= 0.6 is 0 Å². The predicted octanol–water partition coefficient (Wildman–Crippen LogP) is 3.50. The van der Waals surface area contributed by atoms with Gasteiger partial charge in [-0.15, -0.1) is 0 Å². The first-order chi connectivity index (χ1) is 12.0. The fraction of sp³-hybridized carbons (Fsp3) is 0.333. The molecular weight excluding hydrogens is 312 g/mol. The summed E-state index contributed by atoms with van der Waals surface area (Å²) in [5.74, 6) is -0.542. The van der Waals surface area contributed by atoms with Gasteiger partial charge in [0, 0.05) is 12.2 Å². The average molecular weight is 336 g/mol. The number of carbonyl (C=O) groups is 2. The van der Waals surface area contributed by atoms with Crippen molar-refractivity contribution in [3.05, 3.63) is 64.7 Å². The maximum absolute atomic E-state index is 12.4. The van der Waals surface area contributed by atoms with Crippen LogP contribution in [0.25, 0.3) is 0 Å². The van der Waals surface area contributed by atoms with Gasteiger partial charge in [0.05, 0.1) is 11.8 Å². The normalized spacial score (nSPS) is 18.5. The van der Waals surface area contributed by atoms with Crippen molar-refractivity contribution < 1.29 is 9.59 Å². The lowest BCUT2D eigenvalue weighted by molar-refractivity contribution is -0.125. The molecule has 2 amide bonds. The summed E-state index contributed by atoms with van der Waals surface area (Å²) in [6.07, 6.45) is 0.621. The third kappa shape index (κ3) is 4.08. The zero-order valence-corrected chi connectivity index (χ0v) is 14.9. The first kappa shape index (κ1) is 17.2. The number of anilines is 1. The monoisotopic (exact) mass is 336 g/mol. The molecule has 0 saturated heterocycles. The van der Waals surface area contributed by atoms with Crippen LogP contribution in [0.3, 0.4) is 0 Å². The molecule has 4 heteroatoms. The Morgan fingerprint density at radius 1 is 0.960 bits per heavy atom. The van der Waals surface area contributed by atoms with Gasteiger partial charge < -0.3 is 10.6 Å². The van der Waals surface area contributed by atoms with E-state index in [2.05, 4.69) is 10.6 Å². The average Bonchev–Trinajstić information content (AvgIpc) is 3.37. The number of hydrogen-bond donors (Lipinski definition) is 2. The minimum Gasteiger partial charge on any atom is -0.352 e. The molecule has 0 radical (unpaired) electrons. The summed E-state index contributed by atoms with van der Waals surface area (Å²) in [4.78, 5) is 24.6. The van der Waals surface area contributed by atoms with Gasteiger partial charge in [-0.1, -0.05) is 42.0 Å². The SMILES string of the molecule is Cc1ccc(NC(=O)C2CC2C(=O)NCc2ccccc2C)c(C)c1. The van der Waals surface area contributed by atoms with Gasteiger partial charge in [-0.2, -0.15) is 0 Å². The molecule has 1 fully saturated rings. The maximum Gasteiger partial charge on any atom is 0.228 e. The Morgan fingerprint density at radius 3 is 2.40 bits per heavy atom. The minimum absolute atomic E-state index is 0.0379. The van der Waals surface area contributed by atoms with Crippen molar-refractivity contribution in [2.45, 2.75) is 33.7 Å². The van der Waals surface area contributed by atoms with Crippen LogP contribution in [0.5, 0.6) is 0 Å². The molecule has 0 spiro atoms. The Balaban J connectivity index is 1.52. The van der Waals surface area contributed by atoms with Gasteiger partial charge in [0.25, 0.3) is 0 Å². The van der Waals surface area contributed by atoms with Gasteiger partial charge in [0.15, 0.2) is 0 Å². The lowest BCUT2D eigenvalue weighted by Crippen LogP contribution is -2.27. The Morgan fingerprint density at radius 2 is 1.68 bits per heavy atom. The van der Waals surface area contributed by atoms with Crippen LogP contribution in [0, 0.1) is 32.6 Å². The molecule has 2 N–H and O–H groups in total. The fourth-order valence-electron chi connectivity index (χ4n) is 3.08. The number of benzene rings is 2. The third-order valence-electron chi connectivity index (χ3n) is 4.82. The summed E-state index contributed by atoms with van der Waals surface area (Å²) in [6, 6.07) is 13.9. The van der Waals surface area contributed by atoms with Crippen molar-refractivity contribution in [1.29, 1.82) is 0 Å². The topological polar surface area (TPSA) is 58.2 Å². The summed E-state index contributed by atoms with van der Waals surface area (Å²) >= 11 is 0. The molecule has 1 saturated carbocycles. The standard InChI is InChI=1S/C21H24N2O2/c1-13-8-9-19(15(3)10-13)23-21(25)18-11-17(18)20(24)22-12-16-7-5-4-6-14(16)2/h4-10,17-18H,11-12H2,1-3H3,(H,22,24)(H,23,25). The van der Waals surface area contributed by atoms with E-state index in [1.54, 1.807) is 0 Å². The Labute approximate surface area is 148 Å². The Bertz CT molecular complexity index is 813. The van der Waals surface area contributed by atoms with Gasteiger partial charge >= 0.3 is 0 Å². The minimum atomic E-state index is -0.224. The van der Waals surface area contributed by atoms with E-state index in [0.717, 1.165) is 27.9 Å². The van der Waals surface area contributed by atoms with Gasteiger partial charge in [-0.25, -0.2) is 0 Å². The first-order valence-corrected chi connectivity index (χ1v) is 8.66. The van der Waals surface area contributed by atoms with Crippen molar-refractivity contribution in [3.63, 3.8) is 0 Å². The Hall–Kier alpha value is -2.62. The molecular formula is C21H24N2O2. The molecule has 3 rings (SSSR count). The number of hydrogen-bond acceptors (Lipinski definition) is 2. The highest BCUT2D eigenvalue weighted by Gasteiger charge is 2.47. The molecule has 0 aliphatic heterocycles. The lowest BCUT2D eigenvalue weighted by atomic mass is 10.1. The summed E-state index contributed by atoms with van der Waals surface area (Å²) < 4.78 is 0. The lowest BCUT2D eigenvalue weighted by Gasteiger charge is -2.10. The van der Waals surface area contributed by atoms with Crippen molar-refractivity contribution >= 4 is 17.5 Å². The van der Waals surface area contributed by atoms with Crippen LogP contribution in [0.1, 0.15) is 28.7 Å². The van der Waals surface area contributed by atoms with E-state index < -0.39 is 0 Å². The van der Waals surface area contributed by atoms with Gasteiger partial charge in [0.1, 0.15) is 0 Å². The molecule has 0 bridgehead atoms. The summed E-state index contributed by atoms with van der Waals surface area (Å²) in [7, 11) is 0. The van der Waals surface area contributed by atoms with Crippen LogP contribution in [0.2, 0.25) is 0 Å². The number of aryl methyl sites for hydroxylation is 3. The van der Waals surface area contributed by atoms with Gasteiger partial charge in [0.2, 0.25) is 11.8 Å². The number of amides is 2. The zero-order valence-electron chi connectivity index (χ0n) is 14.9. The van der Waals surface area contributed by atoms with Crippen LogP contribution in [-0.2, 0) is 16.1 Å². The quantitative estimate of drug-likeness (QED) is 0.878. The molecule has 130 valence electrons. The van der Waals surface area contributed by atoms with E-state index in [1.165, 1.54) is 0 Å². The van der Waals surface area contributed by atoms with Gasteiger partial charge in [-0.05, 0) is 49.9 Å². The first-order valence-electron chi connectivity index (χ1n) is 8.66. The second kappa shape index (κ2) is 7.09. The highest BCUT2D eigenvalue weighted by molar-refractivity contribution is 5.99. The molecule has 2 aromatic rings. The van der Waals surface area contributed by atoms with Crippen LogP contribution in [0.15, 0.2) is 42.5 Å². The Kier molecular flexibility index (Phi) is 4.88. The highest BCUT2D eigenvalue weighted by Crippen LogP contribution is 2.39. The van der Waals surface area contributed by atoms with Crippen LogP contribution < -0.4 is 10.6 Å². The summed E-state index contributed by atoms with van der Waals surface area (Å²) in [5, 5.41) is 5.90. The van der Waals surface area contributed by atoms with E-state index in [1.807, 2.05) is 63.2 Å². The molecule has 2 unspecified atom stereocenters. The second-order valence-electron chi connectivity index (χ2n) is 6.90. The number of rotatable bonds is 5. The molecule has 1 aliphatic rings. The van der Waals surface area contributed by atoms with E-state index in [-0.39, 0.29) is 23.7 Å². The molecule has 2 atom stereocenters. The fourth-order valence-corrected chi connectivity index (χ4v) is 3.08. The molecule has 2 aromatic carbocycles. The van der Waals surface area contributed by atoms with Crippen molar-refractivity contribution in [3.8, 4) is 0 Å². The second-order valence-corrected chi connectivity index (χ2v) is 6.90. The van der Waals surface area contributed by atoms with E-state index in [4.69, 9.17) is 0 Å². The number of carbonyl (C=O) groups excluding carboxylic acids is 2. The van der Waals surface area contributed by atoms with Crippen molar-refractivity contribution in [2.75, 3.05) is 5.32 Å². The summed E-state index contributed by atoms with van der Waals surface area (Å²) in [6.45, 7) is 6.53. The highest BCUT2D eigenvalue weighted by atomic mass is 16.2. The largest absolute Gasteiger partial charge is 0.352 e. The predicted molar refractivity (Wildman–Crippen MR) is 99.2 cm³/mol. The molecule has 0 heterocycles. The maximum atomic E-state index is 12.4. The molecule has 25 heavy (non-hydrogen) atoms. The van der Waals surface area contributed by atoms with Gasteiger partial charge in [-0.3, -0.25) is 9.59 Å². The number of nitrogens with one attached hydrogen (secondary N) is 2. The van der Waals surface area contributed by atoms with Crippen molar-refractivity contribution in [1.82, 2.24) is 5.32 Å². The van der Waals surface area contributed by atoms with Crippen molar-refractivity contribution in [2.24, 2.45) is 11.8 Å². The molecule has 1 aliphatic carbocycles. The smallest absolute Gasteiger partial charge is 0.228 e. The zero-order chi connectivity index (χ0) is 18.0. The molecule has 4 nitrogen and oxygen atoms in total. The molecule has 0 aromatic heterocycles. The van der Waals surface area contributed by atoms with Crippen LogP contribution in [-0.4, -0.2) is 11.8 Å². The summed E-state index contributed by atoms with van der Waals surface area (Å²) in [5.41, 5.74) is 5.28. The van der Waals surface area contributed by atoms with E-state index in [9.17, 15) is 9.59 Å².